The van der Waals surface area contributed by atoms with Crippen LogP contribution in [0.1, 0.15) is 27.0 Å². The topological polar surface area (TPSA) is 29.1 Å². The van der Waals surface area contributed by atoms with Crippen LogP contribution in [0, 0.1) is 20.8 Å². The predicted octanol–water partition coefficient (Wildman–Crippen LogP) is 4.52. The molecule has 0 aliphatic rings. The first-order chi connectivity index (χ1) is 9.00. The summed E-state index contributed by atoms with van der Waals surface area (Å²) in [4.78, 5) is 12.3. The van der Waals surface area contributed by atoms with Crippen molar-refractivity contribution in [3.63, 3.8) is 0 Å². The van der Waals surface area contributed by atoms with Crippen LogP contribution in [0.25, 0.3) is 0 Å². The standard InChI is InChI=1S/C16H16ClNO/c1-10-6-4-7-13(11(10)2)16(19)18-15-9-5-8-14(17)12(15)3/h4-9H,1-3H3,(H,18,19). The highest BCUT2D eigenvalue weighted by Gasteiger charge is 2.12. The lowest BCUT2D eigenvalue weighted by molar-refractivity contribution is 0.102. The molecule has 0 spiro atoms. The summed E-state index contributed by atoms with van der Waals surface area (Å²) in [6, 6.07) is 11.2. The van der Waals surface area contributed by atoms with Crippen LogP contribution >= 0.6 is 11.6 Å². The first-order valence-corrected chi connectivity index (χ1v) is 6.51. The molecule has 2 rings (SSSR count). The average Bonchev–Trinajstić information content (AvgIpc) is 2.38. The van der Waals surface area contributed by atoms with Crippen LogP contribution in [0.2, 0.25) is 5.02 Å². The van der Waals surface area contributed by atoms with Crippen LogP contribution in [0.3, 0.4) is 0 Å². The summed E-state index contributed by atoms with van der Waals surface area (Å²) in [6.45, 7) is 5.84. The van der Waals surface area contributed by atoms with E-state index >= 15 is 0 Å². The number of aryl methyl sites for hydroxylation is 1. The highest BCUT2D eigenvalue weighted by Crippen LogP contribution is 2.24. The molecule has 0 unspecified atom stereocenters. The molecule has 2 nitrogen and oxygen atoms in total. The molecule has 0 aliphatic heterocycles. The Morgan fingerprint density at radius 1 is 1.00 bits per heavy atom. The van der Waals surface area contributed by atoms with Gasteiger partial charge in [-0.05, 0) is 55.7 Å². The van der Waals surface area contributed by atoms with Crippen LogP contribution in [0.15, 0.2) is 36.4 Å². The molecule has 0 aromatic heterocycles. The Morgan fingerprint density at radius 3 is 2.42 bits per heavy atom. The SMILES string of the molecule is Cc1cccc(C(=O)Nc2cccc(Cl)c2C)c1C. The first kappa shape index (κ1) is 13.6. The van der Waals surface area contributed by atoms with Gasteiger partial charge < -0.3 is 5.32 Å². The number of carbonyl (C=O) groups excluding carboxylic acids is 1. The number of amides is 1. The number of halogens is 1. The van der Waals surface area contributed by atoms with Gasteiger partial charge >= 0.3 is 0 Å². The van der Waals surface area contributed by atoms with Gasteiger partial charge in [-0.25, -0.2) is 0 Å². The molecule has 2 aromatic rings. The van der Waals surface area contributed by atoms with E-state index in [1.165, 1.54) is 0 Å². The Morgan fingerprint density at radius 2 is 1.68 bits per heavy atom. The van der Waals surface area contributed by atoms with Crippen LogP contribution in [0.4, 0.5) is 5.69 Å². The normalized spacial score (nSPS) is 10.3. The number of nitrogens with one attached hydrogen (secondary N) is 1. The van der Waals surface area contributed by atoms with Gasteiger partial charge in [-0.2, -0.15) is 0 Å². The zero-order valence-corrected chi connectivity index (χ0v) is 12.0. The Balaban J connectivity index is 2.31. The summed E-state index contributed by atoms with van der Waals surface area (Å²) in [5.74, 6) is -0.105. The van der Waals surface area contributed by atoms with E-state index in [0.717, 1.165) is 22.4 Å². The molecule has 0 saturated carbocycles. The van der Waals surface area contributed by atoms with E-state index in [9.17, 15) is 4.79 Å². The van der Waals surface area contributed by atoms with E-state index in [2.05, 4.69) is 5.32 Å². The molecule has 3 heteroatoms. The zero-order chi connectivity index (χ0) is 14.0. The van der Waals surface area contributed by atoms with Crippen molar-refractivity contribution in [2.24, 2.45) is 0 Å². The monoisotopic (exact) mass is 273 g/mol. The van der Waals surface area contributed by atoms with Crippen molar-refractivity contribution >= 4 is 23.2 Å². The molecule has 0 radical (unpaired) electrons. The third kappa shape index (κ3) is 2.79. The molecule has 2 aromatic carbocycles. The molecule has 1 amide bonds. The summed E-state index contributed by atoms with van der Waals surface area (Å²) < 4.78 is 0. The van der Waals surface area contributed by atoms with Gasteiger partial charge in [0.15, 0.2) is 0 Å². The number of hydrogen-bond acceptors (Lipinski definition) is 1. The number of carbonyl (C=O) groups is 1. The molecular formula is C16H16ClNO. The van der Waals surface area contributed by atoms with Gasteiger partial charge in [0.25, 0.3) is 5.91 Å². The molecule has 98 valence electrons. The quantitative estimate of drug-likeness (QED) is 0.856. The highest BCUT2D eigenvalue weighted by atomic mass is 35.5. The number of rotatable bonds is 2. The molecule has 1 N–H and O–H groups in total. The van der Waals surface area contributed by atoms with Crippen molar-refractivity contribution in [1.82, 2.24) is 0 Å². The minimum absolute atomic E-state index is 0.105. The van der Waals surface area contributed by atoms with E-state index in [0.29, 0.717) is 10.6 Å². The second-order valence-electron chi connectivity index (χ2n) is 4.61. The summed E-state index contributed by atoms with van der Waals surface area (Å²) in [5, 5.41) is 3.56. The molecule has 0 heterocycles. The zero-order valence-electron chi connectivity index (χ0n) is 11.3. The van der Waals surface area contributed by atoms with Crippen LogP contribution in [-0.2, 0) is 0 Å². The Labute approximate surface area is 118 Å². The number of benzene rings is 2. The average molecular weight is 274 g/mol. The fraction of sp³-hybridized carbons (Fsp3) is 0.188. The molecule has 0 atom stereocenters. The van der Waals surface area contributed by atoms with Crippen molar-refractivity contribution in [3.05, 3.63) is 63.7 Å². The Bertz CT molecular complexity index is 635. The molecular weight excluding hydrogens is 258 g/mol. The highest BCUT2D eigenvalue weighted by molar-refractivity contribution is 6.31. The smallest absolute Gasteiger partial charge is 0.255 e. The lowest BCUT2D eigenvalue weighted by Crippen LogP contribution is -2.14. The van der Waals surface area contributed by atoms with Crippen molar-refractivity contribution in [1.29, 1.82) is 0 Å². The van der Waals surface area contributed by atoms with Crippen molar-refractivity contribution in [3.8, 4) is 0 Å². The van der Waals surface area contributed by atoms with E-state index in [4.69, 9.17) is 11.6 Å². The van der Waals surface area contributed by atoms with Crippen LogP contribution in [0.5, 0.6) is 0 Å². The fourth-order valence-corrected chi connectivity index (χ4v) is 2.10. The summed E-state index contributed by atoms with van der Waals surface area (Å²) in [7, 11) is 0. The second kappa shape index (κ2) is 5.45. The molecule has 0 fully saturated rings. The maximum Gasteiger partial charge on any atom is 0.255 e. The van der Waals surface area contributed by atoms with E-state index in [1.807, 2.05) is 57.2 Å². The number of anilines is 1. The lowest BCUT2D eigenvalue weighted by Gasteiger charge is -2.12. The van der Waals surface area contributed by atoms with Gasteiger partial charge in [-0.3, -0.25) is 4.79 Å². The first-order valence-electron chi connectivity index (χ1n) is 6.13. The minimum Gasteiger partial charge on any atom is -0.322 e. The van der Waals surface area contributed by atoms with E-state index in [-0.39, 0.29) is 5.91 Å². The molecule has 19 heavy (non-hydrogen) atoms. The van der Waals surface area contributed by atoms with Crippen molar-refractivity contribution < 1.29 is 4.79 Å². The fourth-order valence-electron chi connectivity index (χ4n) is 1.93. The molecule has 0 saturated heterocycles. The maximum atomic E-state index is 12.3. The third-order valence-electron chi connectivity index (χ3n) is 3.37. The minimum atomic E-state index is -0.105. The Kier molecular flexibility index (Phi) is 3.91. The largest absolute Gasteiger partial charge is 0.322 e. The Hall–Kier alpha value is -1.80. The van der Waals surface area contributed by atoms with Gasteiger partial charge in [0.05, 0.1) is 0 Å². The van der Waals surface area contributed by atoms with Gasteiger partial charge in [0.2, 0.25) is 0 Å². The maximum absolute atomic E-state index is 12.3. The van der Waals surface area contributed by atoms with E-state index < -0.39 is 0 Å². The molecule has 0 aliphatic carbocycles. The second-order valence-corrected chi connectivity index (χ2v) is 5.02. The van der Waals surface area contributed by atoms with Gasteiger partial charge in [0, 0.05) is 16.3 Å². The van der Waals surface area contributed by atoms with Crippen LogP contribution < -0.4 is 5.32 Å². The van der Waals surface area contributed by atoms with Gasteiger partial charge in [0.1, 0.15) is 0 Å². The lowest BCUT2D eigenvalue weighted by atomic mass is 10.0. The van der Waals surface area contributed by atoms with Gasteiger partial charge in [-0.15, -0.1) is 0 Å². The third-order valence-corrected chi connectivity index (χ3v) is 3.77. The van der Waals surface area contributed by atoms with Crippen LogP contribution in [-0.4, -0.2) is 5.91 Å². The van der Waals surface area contributed by atoms with Crippen molar-refractivity contribution in [2.75, 3.05) is 5.32 Å². The van der Waals surface area contributed by atoms with Gasteiger partial charge in [-0.1, -0.05) is 29.8 Å². The van der Waals surface area contributed by atoms with E-state index in [1.54, 1.807) is 0 Å². The summed E-state index contributed by atoms with van der Waals surface area (Å²) >= 11 is 6.05. The molecule has 0 bridgehead atoms. The van der Waals surface area contributed by atoms with Crippen molar-refractivity contribution in [2.45, 2.75) is 20.8 Å². The number of hydrogen-bond donors (Lipinski definition) is 1. The predicted molar refractivity (Wildman–Crippen MR) is 80.1 cm³/mol. The summed E-state index contributed by atoms with van der Waals surface area (Å²) in [5.41, 5.74) is 4.43. The summed E-state index contributed by atoms with van der Waals surface area (Å²) in [6.07, 6.45) is 0.